The average Bonchev–Trinajstić information content (AvgIpc) is 2.95. The molecule has 0 unspecified atom stereocenters. The number of nitrogens with zero attached hydrogens (tertiary/aromatic N) is 3. The van der Waals surface area contributed by atoms with Gasteiger partial charge in [0.15, 0.2) is 5.69 Å². The molecule has 0 aliphatic rings. The normalized spacial score (nSPS) is 10.5. The van der Waals surface area contributed by atoms with E-state index >= 15 is 0 Å². The van der Waals surface area contributed by atoms with Crippen LogP contribution in [0.15, 0.2) is 10.6 Å². The number of esters is 1. The number of carbonyl (C=O) groups is 2. The SMILES string of the molecule is CCOC(=O)c1c(C)nn(C)c1NC(=O)c1cc(C)on1. The number of hydrogen-bond acceptors (Lipinski definition) is 6. The van der Waals surface area contributed by atoms with Crippen molar-refractivity contribution in [3.05, 3.63) is 28.8 Å². The predicted octanol–water partition coefficient (Wildman–Crippen LogP) is 1.45. The Morgan fingerprint density at radius 1 is 1.43 bits per heavy atom. The van der Waals surface area contributed by atoms with Crippen LogP contribution in [-0.2, 0) is 11.8 Å². The molecule has 112 valence electrons. The minimum Gasteiger partial charge on any atom is -0.462 e. The van der Waals surface area contributed by atoms with Gasteiger partial charge >= 0.3 is 5.97 Å². The summed E-state index contributed by atoms with van der Waals surface area (Å²) >= 11 is 0. The second-order valence-corrected chi connectivity index (χ2v) is 4.43. The first kappa shape index (κ1) is 14.8. The van der Waals surface area contributed by atoms with Crippen LogP contribution < -0.4 is 5.32 Å². The van der Waals surface area contributed by atoms with Gasteiger partial charge in [0.1, 0.15) is 17.1 Å². The first-order valence-electron chi connectivity index (χ1n) is 6.39. The molecule has 0 aliphatic heterocycles. The molecule has 0 aromatic carbocycles. The van der Waals surface area contributed by atoms with Crippen LogP contribution in [0.3, 0.4) is 0 Å². The van der Waals surface area contributed by atoms with Crippen molar-refractivity contribution in [1.29, 1.82) is 0 Å². The van der Waals surface area contributed by atoms with E-state index in [0.29, 0.717) is 11.5 Å². The Hall–Kier alpha value is -2.64. The number of aryl methyl sites for hydroxylation is 3. The Balaban J connectivity index is 2.31. The van der Waals surface area contributed by atoms with Crippen molar-refractivity contribution >= 4 is 17.7 Å². The van der Waals surface area contributed by atoms with Crippen LogP contribution in [0.1, 0.15) is 39.2 Å². The van der Waals surface area contributed by atoms with E-state index in [0.717, 1.165) is 0 Å². The molecule has 8 nitrogen and oxygen atoms in total. The van der Waals surface area contributed by atoms with E-state index in [1.165, 1.54) is 10.7 Å². The molecule has 1 amide bonds. The van der Waals surface area contributed by atoms with E-state index in [4.69, 9.17) is 9.26 Å². The van der Waals surface area contributed by atoms with Gasteiger partial charge in [-0.2, -0.15) is 5.10 Å². The molecule has 0 saturated heterocycles. The summed E-state index contributed by atoms with van der Waals surface area (Å²) in [6.07, 6.45) is 0. The van der Waals surface area contributed by atoms with Crippen LogP contribution in [0.25, 0.3) is 0 Å². The smallest absolute Gasteiger partial charge is 0.343 e. The fraction of sp³-hybridized carbons (Fsp3) is 0.385. The van der Waals surface area contributed by atoms with Crippen molar-refractivity contribution in [1.82, 2.24) is 14.9 Å². The zero-order valence-corrected chi connectivity index (χ0v) is 12.3. The molecule has 0 bridgehead atoms. The Labute approximate surface area is 121 Å². The van der Waals surface area contributed by atoms with E-state index in [1.54, 1.807) is 27.8 Å². The average molecular weight is 292 g/mol. The van der Waals surface area contributed by atoms with Gasteiger partial charge in [-0.15, -0.1) is 0 Å². The van der Waals surface area contributed by atoms with E-state index in [2.05, 4.69) is 15.6 Å². The predicted molar refractivity (Wildman–Crippen MR) is 73.1 cm³/mol. The second-order valence-electron chi connectivity index (χ2n) is 4.43. The van der Waals surface area contributed by atoms with Gasteiger partial charge in [0.05, 0.1) is 12.3 Å². The van der Waals surface area contributed by atoms with Gasteiger partial charge in [-0.3, -0.25) is 9.48 Å². The number of anilines is 1. The molecule has 2 aromatic rings. The van der Waals surface area contributed by atoms with Crippen LogP contribution in [0, 0.1) is 13.8 Å². The molecule has 0 radical (unpaired) electrons. The van der Waals surface area contributed by atoms with Crippen LogP contribution in [-0.4, -0.2) is 33.4 Å². The highest BCUT2D eigenvalue weighted by molar-refractivity contribution is 6.06. The molecule has 0 fully saturated rings. The number of nitrogens with one attached hydrogen (secondary N) is 1. The van der Waals surface area contributed by atoms with Gasteiger partial charge in [0, 0.05) is 13.1 Å². The maximum Gasteiger partial charge on any atom is 0.343 e. The van der Waals surface area contributed by atoms with Gasteiger partial charge in [0.25, 0.3) is 5.91 Å². The summed E-state index contributed by atoms with van der Waals surface area (Å²) in [7, 11) is 1.62. The number of carbonyl (C=O) groups excluding carboxylic acids is 2. The van der Waals surface area contributed by atoms with E-state index < -0.39 is 11.9 Å². The van der Waals surface area contributed by atoms with Crippen LogP contribution >= 0.6 is 0 Å². The molecule has 2 aromatic heterocycles. The molecule has 2 rings (SSSR count). The lowest BCUT2D eigenvalue weighted by molar-refractivity contribution is 0.0526. The minimum atomic E-state index is -0.533. The van der Waals surface area contributed by atoms with Crippen molar-refractivity contribution in [3.63, 3.8) is 0 Å². The van der Waals surface area contributed by atoms with Gasteiger partial charge in [0.2, 0.25) is 0 Å². The summed E-state index contributed by atoms with van der Waals surface area (Å²) in [5.41, 5.74) is 0.830. The summed E-state index contributed by atoms with van der Waals surface area (Å²) in [4.78, 5) is 24.1. The number of amides is 1. The van der Waals surface area contributed by atoms with Gasteiger partial charge in [-0.05, 0) is 20.8 Å². The number of ether oxygens (including phenoxy) is 1. The maximum atomic E-state index is 12.1. The molecule has 2 heterocycles. The van der Waals surface area contributed by atoms with Crippen molar-refractivity contribution in [3.8, 4) is 0 Å². The summed E-state index contributed by atoms with van der Waals surface area (Å²) in [6.45, 7) is 5.30. The molecular formula is C13H16N4O4. The minimum absolute atomic E-state index is 0.126. The van der Waals surface area contributed by atoms with E-state index in [9.17, 15) is 9.59 Å². The Bertz CT molecular complexity index is 686. The largest absolute Gasteiger partial charge is 0.462 e. The summed E-state index contributed by atoms with van der Waals surface area (Å²) in [5.74, 6) is -0.237. The lowest BCUT2D eigenvalue weighted by Crippen LogP contribution is -2.18. The van der Waals surface area contributed by atoms with E-state index in [1.807, 2.05) is 0 Å². The van der Waals surface area contributed by atoms with Crippen molar-refractivity contribution in [2.45, 2.75) is 20.8 Å². The lowest BCUT2D eigenvalue weighted by atomic mass is 10.2. The van der Waals surface area contributed by atoms with E-state index in [-0.39, 0.29) is 23.7 Å². The molecule has 0 spiro atoms. The fourth-order valence-electron chi connectivity index (χ4n) is 1.89. The monoisotopic (exact) mass is 292 g/mol. The summed E-state index contributed by atoms with van der Waals surface area (Å²) in [6, 6.07) is 1.50. The summed E-state index contributed by atoms with van der Waals surface area (Å²) < 4.78 is 11.2. The molecule has 1 N–H and O–H groups in total. The zero-order chi connectivity index (χ0) is 15.6. The lowest BCUT2D eigenvalue weighted by Gasteiger charge is -2.07. The topological polar surface area (TPSA) is 99.2 Å². The maximum absolute atomic E-state index is 12.1. The summed E-state index contributed by atoms with van der Waals surface area (Å²) in [5, 5.41) is 10.4. The molecule has 0 aliphatic carbocycles. The first-order chi connectivity index (χ1) is 9.93. The third-order valence-electron chi connectivity index (χ3n) is 2.79. The Morgan fingerprint density at radius 3 is 2.71 bits per heavy atom. The standard InChI is InChI=1S/C13H16N4O4/c1-5-20-13(19)10-8(3)15-17(4)11(10)14-12(18)9-6-7(2)21-16-9/h6H,5H2,1-4H3,(H,14,18). The number of aromatic nitrogens is 3. The molecule has 21 heavy (non-hydrogen) atoms. The van der Waals surface area contributed by atoms with Gasteiger partial charge in [-0.25, -0.2) is 4.79 Å². The zero-order valence-electron chi connectivity index (χ0n) is 12.3. The fourth-order valence-corrected chi connectivity index (χ4v) is 1.89. The first-order valence-corrected chi connectivity index (χ1v) is 6.39. The Morgan fingerprint density at radius 2 is 2.14 bits per heavy atom. The van der Waals surface area contributed by atoms with Crippen LogP contribution in [0.2, 0.25) is 0 Å². The molecule has 8 heteroatoms. The highest BCUT2D eigenvalue weighted by Crippen LogP contribution is 2.20. The van der Waals surface area contributed by atoms with Crippen molar-refractivity contribution < 1.29 is 18.8 Å². The van der Waals surface area contributed by atoms with Crippen LogP contribution in [0.4, 0.5) is 5.82 Å². The quantitative estimate of drug-likeness (QED) is 0.856. The van der Waals surface area contributed by atoms with Crippen molar-refractivity contribution in [2.75, 3.05) is 11.9 Å². The third kappa shape index (κ3) is 2.93. The van der Waals surface area contributed by atoms with Gasteiger partial charge < -0.3 is 14.6 Å². The highest BCUT2D eigenvalue weighted by atomic mass is 16.5. The van der Waals surface area contributed by atoms with Crippen LogP contribution in [0.5, 0.6) is 0 Å². The molecule has 0 saturated carbocycles. The van der Waals surface area contributed by atoms with Gasteiger partial charge in [-0.1, -0.05) is 5.16 Å². The third-order valence-corrected chi connectivity index (χ3v) is 2.79. The number of rotatable bonds is 4. The Kier molecular flexibility index (Phi) is 4.06. The highest BCUT2D eigenvalue weighted by Gasteiger charge is 2.24. The van der Waals surface area contributed by atoms with Crippen molar-refractivity contribution in [2.24, 2.45) is 7.05 Å². The number of hydrogen-bond donors (Lipinski definition) is 1. The molecule has 0 atom stereocenters. The second kappa shape index (κ2) is 5.78. The molecular weight excluding hydrogens is 276 g/mol.